The lowest BCUT2D eigenvalue weighted by molar-refractivity contribution is 0.0950. The number of hydrazone groups is 1. The first-order chi connectivity index (χ1) is 11.6. The summed E-state index contributed by atoms with van der Waals surface area (Å²) in [7, 11) is 0. The van der Waals surface area contributed by atoms with Crippen molar-refractivity contribution in [3.8, 4) is 11.3 Å². The zero-order valence-corrected chi connectivity index (χ0v) is 13.8. The summed E-state index contributed by atoms with van der Waals surface area (Å²) in [5, 5.41) is 11.9. The number of rotatable bonds is 4. The largest absolute Gasteiger partial charge is 0.289 e. The van der Waals surface area contributed by atoms with Crippen molar-refractivity contribution in [2.24, 2.45) is 5.10 Å². The fourth-order valence-electron chi connectivity index (χ4n) is 2.01. The molecule has 0 unspecified atom stereocenters. The Morgan fingerprint density at radius 3 is 2.62 bits per heavy atom. The first-order valence-electron chi connectivity index (χ1n) is 7.03. The lowest BCUT2D eigenvalue weighted by Gasteiger charge is -1.97. The van der Waals surface area contributed by atoms with Gasteiger partial charge in [-0.25, -0.2) is 5.43 Å². The third kappa shape index (κ3) is 3.82. The molecule has 0 atom stereocenters. The maximum absolute atomic E-state index is 12.1. The molecule has 2 N–H and O–H groups in total. The SMILES string of the molecule is O=C(NN=Cc1ccccc1Cl)c1cc(-c2ccc(Cl)cc2)n[nH]1. The van der Waals surface area contributed by atoms with Crippen LogP contribution < -0.4 is 5.43 Å². The van der Waals surface area contributed by atoms with Crippen LogP contribution in [-0.2, 0) is 0 Å². The van der Waals surface area contributed by atoms with Gasteiger partial charge >= 0.3 is 0 Å². The molecule has 0 fully saturated rings. The van der Waals surface area contributed by atoms with E-state index in [9.17, 15) is 4.79 Å². The minimum atomic E-state index is -0.397. The Bertz CT molecular complexity index is 888. The Morgan fingerprint density at radius 1 is 1.12 bits per heavy atom. The summed E-state index contributed by atoms with van der Waals surface area (Å²) in [5.41, 5.74) is 4.95. The summed E-state index contributed by atoms with van der Waals surface area (Å²) in [6.07, 6.45) is 1.48. The molecular weight excluding hydrogens is 347 g/mol. The van der Waals surface area contributed by atoms with Gasteiger partial charge in [-0.05, 0) is 24.3 Å². The predicted octanol–water partition coefficient (Wildman–Crippen LogP) is 4.15. The predicted molar refractivity (Wildman–Crippen MR) is 95.5 cm³/mol. The quantitative estimate of drug-likeness (QED) is 0.543. The molecule has 0 saturated heterocycles. The topological polar surface area (TPSA) is 70.1 Å². The van der Waals surface area contributed by atoms with Gasteiger partial charge in [0.25, 0.3) is 5.91 Å². The van der Waals surface area contributed by atoms with Crippen molar-refractivity contribution in [2.75, 3.05) is 0 Å². The van der Waals surface area contributed by atoms with Gasteiger partial charge in [0, 0.05) is 21.2 Å². The van der Waals surface area contributed by atoms with Crippen LogP contribution in [0.5, 0.6) is 0 Å². The molecule has 0 spiro atoms. The van der Waals surface area contributed by atoms with Crippen LogP contribution in [0, 0.1) is 0 Å². The van der Waals surface area contributed by atoms with E-state index in [0.29, 0.717) is 27.0 Å². The Balaban J connectivity index is 1.68. The molecular formula is C17H12Cl2N4O. The first-order valence-corrected chi connectivity index (χ1v) is 7.78. The van der Waals surface area contributed by atoms with E-state index in [4.69, 9.17) is 23.2 Å². The zero-order chi connectivity index (χ0) is 16.9. The summed E-state index contributed by atoms with van der Waals surface area (Å²) >= 11 is 11.9. The van der Waals surface area contributed by atoms with Crippen LogP contribution in [0.3, 0.4) is 0 Å². The highest BCUT2D eigenvalue weighted by Crippen LogP contribution is 2.20. The number of hydrogen-bond donors (Lipinski definition) is 2. The average Bonchev–Trinajstić information content (AvgIpc) is 3.07. The van der Waals surface area contributed by atoms with E-state index >= 15 is 0 Å². The zero-order valence-electron chi connectivity index (χ0n) is 12.3. The summed E-state index contributed by atoms with van der Waals surface area (Å²) in [5.74, 6) is -0.397. The van der Waals surface area contributed by atoms with Crippen LogP contribution in [0.1, 0.15) is 16.1 Å². The average molecular weight is 359 g/mol. The smallest absolute Gasteiger partial charge is 0.272 e. The summed E-state index contributed by atoms with van der Waals surface area (Å²) < 4.78 is 0. The molecule has 0 radical (unpaired) electrons. The van der Waals surface area contributed by atoms with Gasteiger partial charge in [-0.3, -0.25) is 9.89 Å². The molecule has 0 aliphatic rings. The number of carbonyl (C=O) groups is 1. The summed E-state index contributed by atoms with van der Waals surface area (Å²) in [6.45, 7) is 0. The van der Waals surface area contributed by atoms with Crippen LogP contribution in [0.25, 0.3) is 11.3 Å². The molecule has 1 aromatic heterocycles. The highest BCUT2D eigenvalue weighted by molar-refractivity contribution is 6.33. The molecule has 0 aliphatic carbocycles. The second-order valence-corrected chi connectivity index (χ2v) is 5.74. The van der Waals surface area contributed by atoms with E-state index in [2.05, 4.69) is 20.7 Å². The molecule has 0 saturated carbocycles. The van der Waals surface area contributed by atoms with Gasteiger partial charge in [0.1, 0.15) is 5.69 Å². The van der Waals surface area contributed by atoms with Crippen LogP contribution in [-0.4, -0.2) is 22.3 Å². The van der Waals surface area contributed by atoms with Crippen molar-refractivity contribution in [3.63, 3.8) is 0 Å². The molecule has 0 bridgehead atoms. The van der Waals surface area contributed by atoms with Crippen molar-refractivity contribution >= 4 is 35.3 Å². The van der Waals surface area contributed by atoms with Gasteiger partial charge in [-0.15, -0.1) is 0 Å². The van der Waals surface area contributed by atoms with Crippen LogP contribution in [0.15, 0.2) is 59.7 Å². The fraction of sp³-hybridized carbons (Fsp3) is 0. The first kappa shape index (κ1) is 16.2. The van der Waals surface area contributed by atoms with Crippen LogP contribution >= 0.6 is 23.2 Å². The number of aromatic amines is 1. The Kier molecular flexibility index (Phi) is 4.93. The van der Waals surface area contributed by atoms with E-state index in [-0.39, 0.29) is 0 Å². The lowest BCUT2D eigenvalue weighted by Crippen LogP contribution is -2.18. The van der Waals surface area contributed by atoms with Gasteiger partial charge < -0.3 is 0 Å². The Morgan fingerprint density at radius 2 is 1.88 bits per heavy atom. The number of amides is 1. The van der Waals surface area contributed by atoms with Gasteiger partial charge in [0.05, 0.1) is 11.9 Å². The van der Waals surface area contributed by atoms with Gasteiger partial charge in [-0.1, -0.05) is 53.5 Å². The minimum absolute atomic E-state index is 0.302. The van der Waals surface area contributed by atoms with Crippen molar-refractivity contribution < 1.29 is 4.79 Å². The summed E-state index contributed by atoms with van der Waals surface area (Å²) in [4.78, 5) is 12.1. The monoisotopic (exact) mass is 358 g/mol. The molecule has 1 heterocycles. The van der Waals surface area contributed by atoms with Crippen molar-refractivity contribution in [1.82, 2.24) is 15.6 Å². The molecule has 2 aromatic carbocycles. The second-order valence-electron chi connectivity index (χ2n) is 4.89. The number of H-pyrrole nitrogens is 1. The van der Waals surface area contributed by atoms with Crippen LogP contribution in [0.4, 0.5) is 0 Å². The number of benzene rings is 2. The highest BCUT2D eigenvalue weighted by Gasteiger charge is 2.10. The van der Waals surface area contributed by atoms with Gasteiger partial charge in [0.2, 0.25) is 0 Å². The Labute approximate surface area is 148 Å². The third-order valence-corrected chi connectivity index (χ3v) is 3.83. The molecule has 120 valence electrons. The van der Waals surface area contributed by atoms with Gasteiger partial charge in [0.15, 0.2) is 0 Å². The van der Waals surface area contributed by atoms with E-state index in [0.717, 1.165) is 5.56 Å². The summed E-state index contributed by atoms with van der Waals surface area (Å²) in [6, 6.07) is 16.0. The molecule has 1 amide bonds. The highest BCUT2D eigenvalue weighted by atomic mass is 35.5. The molecule has 7 heteroatoms. The second kappa shape index (κ2) is 7.29. The van der Waals surface area contributed by atoms with Gasteiger partial charge in [-0.2, -0.15) is 10.2 Å². The van der Waals surface area contributed by atoms with E-state index in [1.807, 2.05) is 24.3 Å². The number of aromatic nitrogens is 2. The van der Waals surface area contributed by atoms with Crippen LogP contribution in [0.2, 0.25) is 10.0 Å². The standard InChI is InChI=1S/C17H12Cl2N4O/c18-13-7-5-11(6-8-13)15-9-16(22-21-15)17(24)23-20-10-12-3-1-2-4-14(12)19/h1-10H,(H,21,22)(H,23,24). The molecule has 3 rings (SSSR count). The van der Waals surface area contributed by atoms with E-state index < -0.39 is 5.91 Å². The third-order valence-electron chi connectivity index (χ3n) is 3.24. The number of nitrogens with one attached hydrogen (secondary N) is 2. The molecule has 5 nitrogen and oxygen atoms in total. The molecule has 3 aromatic rings. The maximum atomic E-state index is 12.1. The van der Waals surface area contributed by atoms with E-state index in [1.165, 1.54) is 6.21 Å². The fourth-order valence-corrected chi connectivity index (χ4v) is 2.32. The molecule has 24 heavy (non-hydrogen) atoms. The number of hydrogen-bond acceptors (Lipinski definition) is 3. The minimum Gasteiger partial charge on any atom is -0.272 e. The number of halogens is 2. The van der Waals surface area contributed by atoms with Crippen molar-refractivity contribution in [2.45, 2.75) is 0 Å². The number of carbonyl (C=O) groups excluding carboxylic acids is 1. The normalized spacial score (nSPS) is 10.9. The lowest BCUT2D eigenvalue weighted by atomic mass is 10.1. The Hall–Kier alpha value is -2.63. The van der Waals surface area contributed by atoms with Crippen molar-refractivity contribution in [3.05, 3.63) is 75.9 Å². The number of nitrogens with zero attached hydrogens (tertiary/aromatic N) is 2. The van der Waals surface area contributed by atoms with E-state index in [1.54, 1.807) is 30.3 Å². The maximum Gasteiger partial charge on any atom is 0.289 e. The van der Waals surface area contributed by atoms with Crippen molar-refractivity contribution in [1.29, 1.82) is 0 Å². The molecule has 0 aliphatic heterocycles.